The number of rotatable bonds is 6. The molecule has 1 amide bonds. The standard InChI is InChI=1S/C23H31N5O2/c1-27-17-23(14-20(27)22(29)25-15-18-6-3-4-11-24-18)9-12-28(13-10-23)16-19-7-5-8-21(26-19)30-2/h3-8,11,20H,9-10,12-17H2,1-2H3,(H,25,29). The molecule has 1 unspecified atom stereocenters. The zero-order valence-electron chi connectivity index (χ0n) is 17.9. The first-order valence-electron chi connectivity index (χ1n) is 10.7. The summed E-state index contributed by atoms with van der Waals surface area (Å²) < 4.78 is 5.24. The van der Waals surface area contributed by atoms with E-state index in [1.165, 1.54) is 0 Å². The maximum absolute atomic E-state index is 12.8. The van der Waals surface area contributed by atoms with Gasteiger partial charge >= 0.3 is 0 Å². The first-order valence-corrected chi connectivity index (χ1v) is 10.7. The lowest BCUT2D eigenvalue weighted by molar-refractivity contribution is -0.125. The lowest BCUT2D eigenvalue weighted by atomic mass is 9.76. The summed E-state index contributed by atoms with van der Waals surface area (Å²) in [5, 5.41) is 3.07. The number of hydrogen-bond donors (Lipinski definition) is 1. The summed E-state index contributed by atoms with van der Waals surface area (Å²) in [5.41, 5.74) is 2.17. The molecule has 160 valence electrons. The predicted octanol–water partition coefficient (Wildman–Crippen LogP) is 2.09. The van der Waals surface area contributed by atoms with Gasteiger partial charge in [0.15, 0.2) is 0 Å². The minimum absolute atomic E-state index is 0.0553. The smallest absolute Gasteiger partial charge is 0.237 e. The van der Waals surface area contributed by atoms with Crippen molar-refractivity contribution >= 4 is 5.91 Å². The van der Waals surface area contributed by atoms with Crippen LogP contribution in [0.2, 0.25) is 0 Å². The molecule has 2 aliphatic rings. The lowest BCUT2D eigenvalue weighted by Gasteiger charge is -2.39. The first-order chi connectivity index (χ1) is 14.6. The second-order valence-electron chi connectivity index (χ2n) is 8.62. The van der Waals surface area contributed by atoms with E-state index in [0.29, 0.717) is 12.4 Å². The van der Waals surface area contributed by atoms with Crippen molar-refractivity contribution in [2.45, 2.75) is 38.4 Å². The Labute approximate surface area is 178 Å². The van der Waals surface area contributed by atoms with Gasteiger partial charge in [0.05, 0.1) is 31.1 Å². The highest BCUT2D eigenvalue weighted by atomic mass is 16.5. The highest BCUT2D eigenvalue weighted by molar-refractivity contribution is 5.82. The summed E-state index contributed by atoms with van der Waals surface area (Å²) in [6.45, 7) is 4.39. The Balaban J connectivity index is 1.29. The Morgan fingerprint density at radius 3 is 2.73 bits per heavy atom. The molecular formula is C23H31N5O2. The Hall–Kier alpha value is -2.51. The van der Waals surface area contributed by atoms with Crippen molar-refractivity contribution in [1.82, 2.24) is 25.1 Å². The van der Waals surface area contributed by atoms with E-state index < -0.39 is 0 Å². The molecule has 2 aliphatic heterocycles. The first kappa shape index (κ1) is 20.8. The van der Waals surface area contributed by atoms with Crippen LogP contribution in [0.5, 0.6) is 5.88 Å². The molecule has 1 atom stereocenters. The number of amides is 1. The quantitative estimate of drug-likeness (QED) is 0.788. The molecule has 2 saturated heterocycles. The van der Waals surface area contributed by atoms with E-state index in [4.69, 9.17) is 4.74 Å². The maximum Gasteiger partial charge on any atom is 0.237 e. The fraction of sp³-hybridized carbons (Fsp3) is 0.522. The molecule has 4 rings (SSSR count). The van der Waals surface area contributed by atoms with Crippen LogP contribution < -0.4 is 10.1 Å². The number of methoxy groups -OCH3 is 1. The highest BCUT2D eigenvalue weighted by Crippen LogP contribution is 2.43. The van der Waals surface area contributed by atoms with Gasteiger partial charge in [-0.1, -0.05) is 12.1 Å². The van der Waals surface area contributed by atoms with Gasteiger partial charge in [0, 0.05) is 25.4 Å². The normalized spacial score (nSPS) is 21.6. The number of nitrogens with zero attached hydrogens (tertiary/aromatic N) is 4. The molecule has 0 radical (unpaired) electrons. The van der Waals surface area contributed by atoms with E-state index >= 15 is 0 Å². The molecule has 7 nitrogen and oxygen atoms in total. The van der Waals surface area contributed by atoms with Crippen LogP contribution in [0.15, 0.2) is 42.6 Å². The van der Waals surface area contributed by atoms with Gasteiger partial charge in [0.1, 0.15) is 0 Å². The zero-order chi connectivity index (χ0) is 21.0. The molecule has 0 aromatic carbocycles. The van der Waals surface area contributed by atoms with E-state index in [2.05, 4.69) is 38.2 Å². The third-order valence-corrected chi connectivity index (χ3v) is 6.51. The van der Waals surface area contributed by atoms with Gasteiger partial charge in [-0.2, -0.15) is 0 Å². The van der Waals surface area contributed by atoms with Gasteiger partial charge in [-0.15, -0.1) is 0 Å². The number of carbonyl (C=O) groups is 1. The summed E-state index contributed by atoms with van der Waals surface area (Å²) in [6, 6.07) is 11.6. The summed E-state index contributed by atoms with van der Waals surface area (Å²) >= 11 is 0. The van der Waals surface area contributed by atoms with Gasteiger partial charge in [-0.05, 0) is 63.0 Å². The number of piperidine rings is 1. The van der Waals surface area contributed by atoms with Crippen molar-refractivity contribution in [2.24, 2.45) is 5.41 Å². The van der Waals surface area contributed by atoms with Crippen molar-refractivity contribution in [3.8, 4) is 5.88 Å². The minimum Gasteiger partial charge on any atom is -0.481 e. The molecule has 1 spiro atoms. The summed E-state index contributed by atoms with van der Waals surface area (Å²) in [4.78, 5) is 26.3. The topological polar surface area (TPSA) is 70.6 Å². The number of aromatic nitrogens is 2. The Morgan fingerprint density at radius 1 is 1.20 bits per heavy atom. The van der Waals surface area contributed by atoms with Gasteiger partial charge in [-0.3, -0.25) is 19.6 Å². The predicted molar refractivity (Wildman–Crippen MR) is 115 cm³/mol. The van der Waals surface area contributed by atoms with Gasteiger partial charge < -0.3 is 10.1 Å². The number of carbonyl (C=O) groups excluding carboxylic acids is 1. The Bertz CT molecular complexity index is 852. The van der Waals surface area contributed by atoms with Crippen LogP contribution in [0.25, 0.3) is 0 Å². The van der Waals surface area contributed by atoms with E-state index in [0.717, 1.165) is 56.8 Å². The second-order valence-corrected chi connectivity index (χ2v) is 8.62. The number of hydrogen-bond acceptors (Lipinski definition) is 6. The van der Waals surface area contributed by atoms with E-state index in [-0.39, 0.29) is 17.4 Å². The fourth-order valence-corrected chi connectivity index (χ4v) is 4.80. The minimum atomic E-state index is -0.0553. The fourth-order valence-electron chi connectivity index (χ4n) is 4.80. The molecule has 2 fully saturated rings. The van der Waals surface area contributed by atoms with Crippen molar-refractivity contribution in [2.75, 3.05) is 33.8 Å². The van der Waals surface area contributed by atoms with Crippen molar-refractivity contribution in [3.05, 3.63) is 54.0 Å². The Morgan fingerprint density at radius 2 is 2.00 bits per heavy atom. The van der Waals surface area contributed by atoms with Crippen LogP contribution in [-0.4, -0.2) is 65.5 Å². The molecule has 4 heterocycles. The van der Waals surface area contributed by atoms with Crippen LogP contribution in [0.3, 0.4) is 0 Å². The molecule has 0 aliphatic carbocycles. The molecule has 2 aromatic heterocycles. The largest absolute Gasteiger partial charge is 0.481 e. The van der Waals surface area contributed by atoms with Gasteiger partial charge in [0.25, 0.3) is 0 Å². The van der Waals surface area contributed by atoms with Crippen molar-refractivity contribution in [3.63, 3.8) is 0 Å². The molecule has 0 saturated carbocycles. The van der Waals surface area contributed by atoms with Crippen LogP contribution in [-0.2, 0) is 17.9 Å². The van der Waals surface area contributed by atoms with Crippen LogP contribution >= 0.6 is 0 Å². The summed E-state index contributed by atoms with van der Waals surface area (Å²) in [6.07, 6.45) is 4.92. The third-order valence-electron chi connectivity index (χ3n) is 6.51. The second kappa shape index (κ2) is 9.10. The highest BCUT2D eigenvalue weighted by Gasteiger charge is 2.46. The van der Waals surface area contributed by atoms with Gasteiger partial charge in [-0.25, -0.2) is 4.98 Å². The number of likely N-dealkylation sites (N-methyl/N-ethyl adjacent to an activating group) is 1. The zero-order valence-corrected chi connectivity index (χ0v) is 17.9. The summed E-state index contributed by atoms with van der Waals surface area (Å²) in [5.74, 6) is 0.779. The number of likely N-dealkylation sites (tertiary alicyclic amines) is 2. The monoisotopic (exact) mass is 409 g/mol. The third kappa shape index (κ3) is 4.79. The van der Waals surface area contributed by atoms with Crippen LogP contribution in [0, 0.1) is 5.41 Å². The number of ether oxygens (including phenoxy) is 1. The molecule has 7 heteroatoms. The van der Waals surface area contributed by atoms with E-state index in [9.17, 15) is 4.79 Å². The maximum atomic E-state index is 12.8. The molecule has 30 heavy (non-hydrogen) atoms. The number of pyridine rings is 2. The Kier molecular flexibility index (Phi) is 6.29. The SMILES string of the molecule is COc1cccc(CN2CCC3(CC2)CC(C(=O)NCc2ccccn2)N(C)C3)n1. The summed E-state index contributed by atoms with van der Waals surface area (Å²) in [7, 11) is 3.72. The molecular weight excluding hydrogens is 378 g/mol. The van der Waals surface area contributed by atoms with Gasteiger partial charge in [0.2, 0.25) is 11.8 Å². The van der Waals surface area contributed by atoms with Crippen LogP contribution in [0.4, 0.5) is 0 Å². The average molecular weight is 410 g/mol. The van der Waals surface area contributed by atoms with E-state index in [1.807, 2.05) is 30.3 Å². The molecule has 0 bridgehead atoms. The van der Waals surface area contributed by atoms with Crippen molar-refractivity contribution in [1.29, 1.82) is 0 Å². The molecule has 1 N–H and O–H groups in total. The van der Waals surface area contributed by atoms with Crippen LogP contribution in [0.1, 0.15) is 30.7 Å². The van der Waals surface area contributed by atoms with E-state index in [1.54, 1.807) is 13.3 Å². The van der Waals surface area contributed by atoms with Crippen molar-refractivity contribution < 1.29 is 9.53 Å². The lowest BCUT2D eigenvalue weighted by Crippen LogP contribution is -2.41. The average Bonchev–Trinajstić information content (AvgIpc) is 3.10. The number of nitrogens with one attached hydrogen (secondary N) is 1. The molecule has 2 aromatic rings.